The fourth-order valence-electron chi connectivity index (χ4n) is 5.54. The van der Waals surface area contributed by atoms with Gasteiger partial charge in [0.2, 0.25) is 0 Å². The smallest absolute Gasteiger partial charge is 0.462 e. The van der Waals surface area contributed by atoms with E-state index in [1.807, 2.05) is 6.08 Å². The monoisotopic (exact) mass is 805 g/mol. The van der Waals surface area contributed by atoms with E-state index in [2.05, 4.69) is 48.8 Å². The molecule has 5 atom stereocenters. The highest BCUT2D eigenvalue weighted by molar-refractivity contribution is 7.47. The van der Waals surface area contributed by atoms with Gasteiger partial charge in [0.05, 0.1) is 32.0 Å². The Bertz CT molecular complexity index is 1050. The second kappa shape index (κ2) is 37.7. The van der Waals surface area contributed by atoms with Crippen molar-refractivity contribution in [2.24, 2.45) is 0 Å². The van der Waals surface area contributed by atoms with Crippen LogP contribution in [0.25, 0.3) is 0 Å². The Morgan fingerprint density at radius 3 is 1.75 bits per heavy atom. The second-order valence-corrected chi connectivity index (χ2v) is 15.8. The van der Waals surface area contributed by atoms with Gasteiger partial charge in [0.1, 0.15) is 12.7 Å². The Morgan fingerprint density at radius 1 is 0.600 bits per heavy atom. The average molecular weight is 805 g/mol. The molecule has 0 heterocycles. The Morgan fingerprint density at radius 2 is 1.11 bits per heavy atom. The van der Waals surface area contributed by atoms with Gasteiger partial charge in [-0.15, -0.1) is 0 Å². The van der Waals surface area contributed by atoms with Crippen LogP contribution < -0.4 is 0 Å². The number of esters is 2. The van der Waals surface area contributed by atoms with Crippen molar-refractivity contribution in [3.8, 4) is 0 Å². The lowest BCUT2D eigenvalue weighted by atomic mass is 10.0. The number of ether oxygens (including phenoxy) is 2. The molecule has 322 valence electrons. The summed E-state index contributed by atoms with van der Waals surface area (Å²) in [5, 5.41) is 38.7. The summed E-state index contributed by atoms with van der Waals surface area (Å²) >= 11 is 0. The van der Waals surface area contributed by atoms with Crippen LogP contribution in [0.15, 0.2) is 36.5 Å². The number of hydrogen-bond donors (Lipinski definition) is 5. The lowest BCUT2D eigenvalue weighted by Crippen LogP contribution is -2.29. The summed E-state index contributed by atoms with van der Waals surface area (Å²) in [5.74, 6) is -1.06. The van der Waals surface area contributed by atoms with E-state index in [1.165, 1.54) is 38.5 Å². The molecule has 0 amide bonds. The van der Waals surface area contributed by atoms with E-state index in [-0.39, 0.29) is 19.4 Å². The Hall–Kier alpha value is -1.89. The van der Waals surface area contributed by atoms with Crippen LogP contribution in [0.5, 0.6) is 0 Å². The average Bonchev–Trinajstić information content (AvgIpc) is 3.17. The van der Waals surface area contributed by atoms with E-state index in [0.717, 1.165) is 77.0 Å². The van der Waals surface area contributed by atoms with E-state index in [9.17, 15) is 34.4 Å². The number of allylic oxidation sites excluding steroid dienone is 5. The minimum absolute atomic E-state index is 0.134. The number of aliphatic hydroxyl groups excluding tert-OH is 4. The molecule has 0 fully saturated rings. The number of phosphoric acid groups is 1. The molecule has 0 radical (unpaired) electrons. The first-order chi connectivity index (χ1) is 26.5. The summed E-state index contributed by atoms with van der Waals surface area (Å²) in [4.78, 5) is 35.0. The lowest BCUT2D eigenvalue weighted by molar-refractivity contribution is -0.161. The van der Waals surface area contributed by atoms with Gasteiger partial charge in [-0.2, -0.15) is 0 Å². The molecule has 0 aliphatic rings. The number of unbranched alkanes of at least 4 members (excludes halogenated alkanes) is 16. The molecule has 0 saturated heterocycles. The van der Waals surface area contributed by atoms with Crippen molar-refractivity contribution in [2.75, 3.05) is 26.4 Å². The third-order valence-corrected chi connectivity index (χ3v) is 9.95. The van der Waals surface area contributed by atoms with Crippen LogP contribution in [0, 0.1) is 0 Å². The molecule has 1 unspecified atom stereocenters. The molecule has 0 aromatic rings. The van der Waals surface area contributed by atoms with Gasteiger partial charge in [0, 0.05) is 12.8 Å². The lowest BCUT2D eigenvalue weighted by Gasteiger charge is -2.20. The van der Waals surface area contributed by atoms with Gasteiger partial charge in [-0.05, 0) is 64.2 Å². The number of carbonyl (C=O) groups is 2. The summed E-state index contributed by atoms with van der Waals surface area (Å²) in [6.45, 7) is 2.10. The summed E-state index contributed by atoms with van der Waals surface area (Å²) in [6.07, 6.45) is 29.9. The van der Waals surface area contributed by atoms with Crippen molar-refractivity contribution in [3.63, 3.8) is 0 Å². The molecule has 5 N–H and O–H groups in total. The number of aliphatic hydroxyl groups is 4. The number of phosphoric ester groups is 1. The van der Waals surface area contributed by atoms with Crippen LogP contribution in [0.2, 0.25) is 0 Å². The van der Waals surface area contributed by atoms with Crippen LogP contribution in [-0.4, -0.2) is 88.1 Å². The van der Waals surface area contributed by atoms with Gasteiger partial charge < -0.3 is 34.8 Å². The van der Waals surface area contributed by atoms with E-state index < -0.39 is 64.0 Å². The van der Waals surface area contributed by atoms with Gasteiger partial charge >= 0.3 is 19.8 Å². The largest absolute Gasteiger partial charge is 0.472 e. The molecular weight excluding hydrogens is 727 g/mol. The molecule has 0 aromatic heterocycles. The number of hydrogen-bond acceptors (Lipinski definition) is 11. The van der Waals surface area contributed by atoms with E-state index >= 15 is 0 Å². The summed E-state index contributed by atoms with van der Waals surface area (Å²) < 4.78 is 32.6. The zero-order valence-electron chi connectivity index (χ0n) is 34.1. The van der Waals surface area contributed by atoms with Crippen LogP contribution in [-0.2, 0) is 32.7 Å². The first kappa shape index (κ1) is 53.1. The molecule has 0 aliphatic carbocycles. The van der Waals surface area contributed by atoms with Gasteiger partial charge in [-0.3, -0.25) is 18.6 Å². The fraction of sp³-hybridized carbons (Fsp3) is 0.810. The molecule has 0 aromatic carbocycles. The van der Waals surface area contributed by atoms with Crippen molar-refractivity contribution < 1.29 is 58.0 Å². The van der Waals surface area contributed by atoms with Crippen LogP contribution in [0.1, 0.15) is 168 Å². The molecule has 0 spiro atoms. The maximum absolute atomic E-state index is 12.6. The highest BCUT2D eigenvalue weighted by Crippen LogP contribution is 2.43. The second-order valence-electron chi connectivity index (χ2n) is 14.3. The van der Waals surface area contributed by atoms with Crippen molar-refractivity contribution in [2.45, 2.75) is 192 Å². The van der Waals surface area contributed by atoms with E-state index in [1.54, 1.807) is 0 Å². The zero-order valence-corrected chi connectivity index (χ0v) is 35.0. The predicted molar refractivity (Wildman–Crippen MR) is 217 cm³/mol. The Kier molecular flexibility index (Phi) is 36.4. The van der Waals surface area contributed by atoms with E-state index in [0.29, 0.717) is 25.7 Å². The molecule has 55 heavy (non-hydrogen) atoms. The number of rotatable bonds is 39. The summed E-state index contributed by atoms with van der Waals surface area (Å²) in [5.41, 5.74) is 0. The van der Waals surface area contributed by atoms with Crippen LogP contribution in [0.3, 0.4) is 0 Å². The molecule has 0 rings (SSSR count). The maximum atomic E-state index is 12.6. The first-order valence-electron chi connectivity index (χ1n) is 21.1. The Labute approximate surface area is 332 Å². The van der Waals surface area contributed by atoms with Crippen molar-refractivity contribution >= 4 is 19.8 Å². The normalized spacial score (nSPS) is 15.4. The zero-order chi connectivity index (χ0) is 40.8. The molecule has 0 bridgehead atoms. The quantitative estimate of drug-likeness (QED) is 0.0131. The number of carbonyl (C=O) groups excluding carboxylic acids is 2. The fourth-order valence-corrected chi connectivity index (χ4v) is 6.32. The van der Waals surface area contributed by atoms with Crippen molar-refractivity contribution in [1.29, 1.82) is 0 Å². The topological polar surface area (TPSA) is 189 Å². The van der Waals surface area contributed by atoms with Gasteiger partial charge in [0.25, 0.3) is 0 Å². The highest BCUT2D eigenvalue weighted by Gasteiger charge is 2.27. The van der Waals surface area contributed by atoms with Crippen molar-refractivity contribution in [1.82, 2.24) is 0 Å². The van der Waals surface area contributed by atoms with Gasteiger partial charge in [-0.1, -0.05) is 127 Å². The standard InChI is InChI=1S/C42H77O12P/c1-3-5-7-9-11-12-13-14-15-16-17-18-19-23-28-32-42(48)54-38(36-53-55(49,50)52-34-37(44)33-43)35-51-41(47)31-27-24-20-22-26-30-40(46)39(45)29-25-21-10-8-6-4-2/h12-15,21,25,37-40,43-46H,3-11,16-20,22-24,26-36H2,1-2H3,(H,49,50)/b13-12-,15-14-,25-21-/t37-,38+,39+,40+/m0/s1. The van der Waals surface area contributed by atoms with Gasteiger partial charge in [-0.25, -0.2) is 4.57 Å². The molecule has 0 aliphatic heterocycles. The SMILES string of the molecule is CCCCC/C=C\C[C@@H](O)[C@H](O)CCCCCCCC(=O)OC[C@H](COP(=O)(O)OC[C@@H](O)CO)OC(=O)CCCCCCC/C=C\C=C/CCCCCC. The molecule has 0 saturated carbocycles. The minimum atomic E-state index is -4.66. The summed E-state index contributed by atoms with van der Waals surface area (Å²) in [7, 11) is -4.66. The summed E-state index contributed by atoms with van der Waals surface area (Å²) in [6, 6.07) is 0. The molecule has 13 heteroatoms. The predicted octanol–water partition coefficient (Wildman–Crippen LogP) is 8.72. The minimum Gasteiger partial charge on any atom is -0.462 e. The first-order valence-corrected chi connectivity index (χ1v) is 22.6. The van der Waals surface area contributed by atoms with Gasteiger partial charge in [0.15, 0.2) is 6.10 Å². The molecule has 12 nitrogen and oxygen atoms in total. The maximum Gasteiger partial charge on any atom is 0.472 e. The highest BCUT2D eigenvalue weighted by atomic mass is 31.2. The third-order valence-electron chi connectivity index (χ3n) is 9.00. The van der Waals surface area contributed by atoms with Crippen LogP contribution >= 0.6 is 7.82 Å². The third kappa shape index (κ3) is 36.2. The van der Waals surface area contributed by atoms with E-state index in [4.69, 9.17) is 19.1 Å². The Balaban J connectivity index is 4.46. The van der Waals surface area contributed by atoms with Crippen molar-refractivity contribution in [3.05, 3.63) is 36.5 Å². The molecular formula is C42H77O12P. The van der Waals surface area contributed by atoms with Crippen LogP contribution in [0.4, 0.5) is 0 Å².